The van der Waals surface area contributed by atoms with Crippen molar-refractivity contribution in [1.29, 1.82) is 0 Å². The fraction of sp³-hybridized carbons (Fsp3) is 0.417. The largest absolute Gasteiger partial charge is 0.469 e. The van der Waals surface area contributed by atoms with Crippen molar-refractivity contribution in [3.63, 3.8) is 0 Å². The first-order valence-electron chi connectivity index (χ1n) is 6.12. The lowest BCUT2D eigenvalue weighted by Gasteiger charge is -2.21. The molecule has 2 N–H and O–H groups in total. The van der Waals surface area contributed by atoms with Crippen LogP contribution in [0.3, 0.4) is 0 Å². The number of hydrogen-bond donors (Lipinski definition) is 2. The SMILES string of the molecule is Cc1occc1-c1noc(CC2NCCNC2=O)n1. The second kappa shape index (κ2) is 4.85. The molecule has 1 unspecified atom stereocenters. The Hall–Kier alpha value is -2.15. The smallest absolute Gasteiger partial charge is 0.237 e. The molecule has 0 aliphatic carbocycles. The highest BCUT2D eigenvalue weighted by atomic mass is 16.5. The minimum absolute atomic E-state index is 0.0366. The van der Waals surface area contributed by atoms with Crippen LogP contribution in [0.1, 0.15) is 11.7 Å². The van der Waals surface area contributed by atoms with Crippen LogP contribution < -0.4 is 10.6 Å². The van der Waals surface area contributed by atoms with Gasteiger partial charge in [-0.25, -0.2) is 0 Å². The van der Waals surface area contributed by atoms with Crippen molar-refractivity contribution in [2.24, 2.45) is 0 Å². The maximum absolute atomic E-state index is 11.6. The first-order chi connectivity index (χ1) is 9.24. The minimum atomic E-state index is -0.313. The molecule has 1 saturated heterocycles. The highest BCUT2D eigenvalue weighted by molar-refractivity contribution is 5.82. The van der Waals surface area contributed by atoms with Crippen molar-refractivity contribution >= 4 is 5.91 Å². The Balaban J connectivity index is 1.75. The Labute approximate surface area is 109 Å². The van der Waals surface area contributed by atoms with Crippen LogP contribution in [0.5, 0.6) is 0 Å². The molecule has 0 spiro atoms. The Kier molecular flexibility index (Phi) is 3.04. The van der Waals surface area contributed by atoms with Crippen molar-refractivity contribution in [1.82, 2.24) is 20.8 Å². The summed E-state index contributed by atoms with van der Waals surface area (Å²) < 4.78 is 10.4. The number of nitrogens with zero attached hydrogens (tertiary/aromatic N) is 2. The summed E-state index contributed by atoms with van der Waals surface area (Å²) in [5.74, 6) is 1.62. The predicted molar refractivity (Wildman–Crippen MR) is 65.2 cm³/mol. The van der Waals surface area contributed by atoms with Crippen LogP contribution in [-0.4, -0.2) is 35.2 Å². The molecular weight excluding hydrogens is 248 g/mol. The molecule has 0 bridgehead atoms. The first kappa shape index (κ1) is 11.9. The van der Waals surface area contributed by atoms with Crippen LogP contribution in [0, 0.1) is 6.92 Å². The Bertz CT molecular complexity index is 589. The van der Waals surface area contributed by atoms with E-state index in [0.717, 1.165) is 17.9 Å². The number of nitrogens with one attached hydrogen (secondary N) is 2. The van der Waals surface area contributed by atoms with Gasteiger partial charge in [-0.05, 0) is 13.0 Å². The molecule has 1 aliphatic rings. The van der Waals surface area contributed by atoms with E-state index in [0.29, 0.717) is 24.7 Å². The molecule has 1 fully saturated rings. The standard InChI is InChI=1S/C12H14N4O3/c1-7-8(2-5-18-7)11-15-10(19-16-11)6-9-12(17)14-4-3-13-9/h2,5,9,13H,3-4,6H2,1H3,(H,14,17). The van der Waals surface area contributed by atoms with Gasteiger partial charge >= 0.3 is 0 Å². The van der Waals surface area contributed by atoms with Crippen LogP contribution in [0.2, 0.25) is 0 Å². The number of aromatic nitrogens is 2. The van der Waals surface area contributed by atoms with Crippen molar-refractivity contribution in [3.05, 3.63) is 24.0 Å². The van der Waals surface area contributed by atoms with Crippen LogP contribution in [0.25, 0.3) is 11.4 Å². The molecule has 7 nitrogen and oxygen atoms in total. The highest BCUT2D eigenvalue weighted by Gasteiger charge is 2.24. The maximum Gasteiger partial charge on any atom is 0.237 e. The average Bonchev–Trinajstić information content (AvgIpc) is 3.01. The van der Waals surface area contributed by atoms with E-state index in [1.54, 1.807) is 12.3 Å². The molecule has 7 heteroatoms. The van der Waals surface area contributed by atoms with Gasteiger partial charge in [0.25, 0.3) is 0 Å². The summed E-state index contributed by atoms with van der Waals surface area (Å²) in [4.78, 5) is 15.9. The van der Waals surface area contributed by atoms with Crippen LogP contribution in [0.15, 0.2) is 21.3 Å². The van der Waals surface area contributed by atoms with E-state index in [1.807, 2.05) is 6.92 Å². The third-order valence-corrected chi connectivity index (χ3v) is 3.08. The van der Waals surface area contributed by atoms with E-state index in [4.69, 9.17) is 8.94 Å². The Morgan fingerprint density at radius 1 is 1.47 bits per heavy atom. The van der Waals surface area contributed by atoms with Crippen LogP contribution in [0.4, 0.5) is 0 Å². The van der Waals surface area contributed by atoms with Gasteiger partial charge in [-0.1, -0.05) is 5.16 Å². The minimum Gasteiger partial charge on any atom is -0.469 e. The van der Waals surface area contributed by atoms with Gasteiger partial charge in [-0.2, -0.15) is 4.98 Å². The van der Waals surface area contributed by atoms with Crippen molar-refractivity contribution in [2.45, 2.75) is 19.4 Å². The van der Waals surface area contributed by atoms with Crippen LogP contribution in [-0.2, 0) is 11.2 Å². The van der Waals surface area contributed by atoms with E-state index >= 15 is 0 Å². The normalized spacial score (nSPS) is 19.4. The molecule has 2 aromatic rings. The molecule has 3 rings (SSSR count). The molecule has 100 valence electrons. The number of carbonyl (C=O) groups is 1. The van der Waals surface area contributed by atoms with Gasteiger partial charge in [-0.15, -0.1) is 0 Å². The van der Waals surface area contributed by atoms with E-state index < -0.39 is 0 Å². The molecule has 19 heavy (non-hydrogen) atoms. The number of hydrogen-bond acceptors (Lipinski definition) is 6. The van der Waals surface area contributed by atoms with Crippen molar-refractivity contribution in [2.75, 3.05) is 13.1 Å². The van der Waals surface area contributed by atoms with E-state index in [2.05, 4.69) is 20.8 Å². The molecule has 1 aliphatic heterocycles. The van der Waals surface area contributed by atoms with Gasteiger partial charge in [0, 0.05) is 13.1 Å². The molecule has 1 atom stereocenters. The monoisotopic (exact) mass is 262 g/mol. The molecule has 1 amide bonds. The molecule has 0 saturated carbocycles. The second-order valence-corrected chi connectivity index (χ2v) is 4.40. The first-order valence-corrected chi connectivity index (χ1v) is 6.12. The summed E-state index contributed by atoms with van der Waals surface area (Å²) >= 11 is 0. The van der Waals surface area contributed by atoms with E-state index in [9.17, 15) is 4.79 Å². The summed E-state index contributed by atoms with van der Waals surface area (Å²) in [6.45, 7) is 3.23. The summed E-state index contributed by atoms with van der Waals surface area (Å²) in [6.07, 6.45) is 1.96. The molecule has 3 heterocycles. The van der Waals surface area contributed by atoms with Gasteiger partial charge < -0.3 is 19.6 Å². The summed E-state index contributed by atoms with van der Waals surface area (Å²) in [5, 5.41) is 9.81. The van der Waals surface area contributed by atoms with Gasteiger partial charge in [0.1, 0.15) is 5.76 Å². The quantitative estimate of drug-likeness (QED) is 0.824. The van der Waals surface area contributed by atoms with E-state index in [-0.39, 0.29) is 11.9 Å². The second-order valence-electron chi connectivity index (χ2n) is 4.40. The maximum atomic E-state index is 11.6. The van der Waals surface area contributed by atoms with Gasteiger partial charge in [-0.3, -0.25) is 4.79 Å². The lowest BCUT2D eigenvalue weighted by molar-refractivity contribution is -0.124. The van der Waals surface area contributed by atoms with Crippen molar-refractivity contribution in [3.8, 4) is 11.4 Å². The van der Waals surface area contributed by atoms with Crippen LogP contribution >= 0.6 is 0 Å². The third kappa shape index (κ3) is 2.37. The number of piperazine rings is 1. The zero-order valence-electron chi connectivity index (χ0n) is 10.5. The topological polar surface area (TPSA) is 93.2 Å². The zero-order chi connectivity index (χ0) is 13.2. The molecule has 0 aromatic carbocycles. The fourth-order valence-corrected chi connectivity index (χ4v) is 2.05. The summed E-state index contributed by atoms with van der Waals surface area (Å²) in [6, 6.07) is 1.47. The third-order valence-electron chi connectivity index (χ3n) is 3.08. The fourth-order valence-electron chi connectivity index (χ4n) is 2.05. The lowest BCUT2D eigenvalue weighted by atomic mass is 10.1. The number of aryl methyl sites for hydroxylation is 1. The van der Waals surface area contributed by atoms with E-state index in [1.165, 1.54) is 0 Å². The number of furan rings is 1. The molecule has 0 radical (unpaired) electrons. The average molecular weight is 262 g/mol. The Morgan fingerprint density at radius 2 is 2.37 bits per heavy atom. The summed E-state index contributed by atoms with van der Waals surface area (Å²) in [7, 11) is 0. The lowest BCUT2D eigenvalue weighted by Crippen LogP contribution is -2.53. The zero-order valence-corrected chi connectivity index (χ0v) is 10.5. The van der Waals surface area contributed by atoms with Gasteiger partial charge in [0.15, 0.2) is 0 Å². The number of carbonyl (C=O) groups excluding carboxylic acids is 1. The predicted octanol–water partition coefficient (Wildman–Crippen LogP) is 0.269. The highest BCUT2D eigenvalue weighted by Crippen LogP contribution is 2.21. The molecule has 2 aromatic heterocycles. The van der Waals surface area contributed by atoms with Crippen molar-refractivity contribution < 1.29 is 13.7 Å². The molecular formula is C12H14N4O3. The van der Waals surface area contributed by atoms with Gasteiger partial charge in [0.05, 0.1) is 24.3 Å². The number of rotatable bonds is 3. The van der Waals surface area contributed by atoms with Gasteiger partial charge in [0.2, 0.25) is 17.6 Å². The summed E-state index contributed by atoms with van der Waals surface area (Å²) in [5.41, 5.74) is 0.802. The number of amides is 1. The Morgan fingerprint density at radius 3 is 3.11 bits per heavy atom.